The summed E-state index contributed by atoms with van der Waals surface area (Å²) in [6, 6.07) is 15.4. The zero-order chi connectivity index (χ0) is 16.9. The Morgan fingerprint density at radius 1 is 1.08 bits per heavy atom. The number of benzene rings is 2. The predicted octanol–water partition coefficient (Wildman–Crippen LogP) is 3.65. The van der Waals surface area contributed by atoms with E-state index in [1.165, 1.54) is 6.33 Å². The van der Waals surface area contributed by atoms with Gasteiger partial charge in [0.2, 0.25) is 0 Å². The maximum atomic E-state index is 11.1. The van der Waals surface area contributed by atoms with Gasteiger partial charge in [-0.05, 0) is 35.5 Å². The molecule has 0 bridgehead atoms. The number of primary amides is 1. The highest BCUT2D eigenvalue weighted by Gasteiger charge is 2.08. The highest BCUT2D eigenvalue weighted by Crippen LogP contribution is 2.27. The van der Waals surface area contributed by atoms with Gasteiger partial charge < -0.3 is 5.73 Å². The topological polar surface area (TPSA) is 85.9 Å². The van der Waals surface area contributed by atoms with E-state index < -0.39 is 5.24 Å². The number of amides is 1. The van der Waals surface area contributed by atoms with Crippen molar-refractivity contribution in [1.82, 2.24) is 9.97 Å². The van der Waals surface area contributed by atoms with E-state index in [0.29, 0.717) is 18.0 Å². The zero-order valence-electron chi connectivity index (χ0n) is 12.5. The lowest BCUT2D eigenvalue weighted by Crippen LogP contribution is -2.02. The van der Waals surface area contributed by atoms with Crippen LogP contribution in [0.4, 0.5) is 4.79 Å². The molecule has 5 nitrogen and oxygen atoms in total. The molecule has 0 aliphatic rings. The number of nitrogens with two attached hydrogens (primary N) is 1. The summed E-state index contributed by atoms with van der Waals surface area (Å²) in [4.78, 5) is 31.0. The third-order valence-corrected chi connectivity index (χ3v) is 4.00. The number of allylic oxidation sites excluding steroid dienone is 1. The predicted molar refractivity (Wildman–Crippen MR) is 96.2 cm³/mol. The maximum absolute atomic E-state index is 11.1. The molecule has 0 atom stereocenters. The number of hydrogen-bond acceptors (Lipinski definition) is 5. The molecule has 3 aromatic rings. The second-order valence-electron chi connectivity index (χ2n) is 4.95. The van der Waals surface area contributed by atoms with Crippen molar-refractivity contribution in [3.8, 4) is 11.3 Å². The first-order valence-corrected chi connectivity index (χ1v) is 7.93. The number of rotatable bonds is 4. The van der Waals surface area contributed by atoms with Crippen molar-refractivity contribution in [3.63, 3.8) is 0 Å². The molecule has 1 heterocycles. The van der Waals surface area contributed by atoms with E-state index in [4.69, 9.17) is 5.73 Å². The van der Waals surface area contributed by atoms with E-state index in [-0.39, 0.29) is 4.91 Å². The van der Waals surface area contributed by atoms with Crippen molar-refractivity contribution in [2.24, 2.45) is 5.73 Å². The Bertz CT molecular complexity index is 939. The monoisotopic (exact) mass is 335 g/mol. The van der Waals surface area contributed by atoms with Gasteiger partial charge in [0.15, 0.2) is 6.29 Å². The van der Waals surface area contributed by atoms with E-state index in [0.717, 1.165) is 27.7 Å². The van der Waals surface area contributed by atoms with Crippen LogP contribution in [-0.4, -0.2) is 21.5 Å². The molecular weight excluding hydrogens is 322 g/mol. The summed E-state index contributed by atoms with van der Waals surface area (Å²) in [6.07, 6.45) is 3.75. The van der Waals surface area contributed by atoms with E-state index >= 15 is 0 Å². The molecule has 118 valence electrons. The summed E-state index contributed by atoms with van der Waals surface area (Å²) in [6.45, 7) is 0. The van der Waals surface area contributed by atoms with Gasteiger partial charge in [0, 0.05) is 10.9 Å². The first-order valence-electron chi connectivity index (χ1n) is 7.12. The van der Waals surface area contributed by atoms with Crippen molar-refractivity contribution in [1.29, 1.82) is 0 Å². The minimum atomic E-state index is -0.623. The lowest BCUT2D eigenvalue weighted by atomic mass is 10.0. The molecule has 0 saturated carbocycles. The van der Waals surface area contributed by atoms with Crippen LogP contribution in [0.5, 0.6) is 0 Å². The second kappa shape index (κ2) is 7.06. The van der Waals surface area contributed by atoms with Gasteiger partial charge in [-0.2, -0.15) is 0 Å². The molecule has 0 spiro atoms. The summed E-state index contributed by atoms with van der Waals surface area (Å²) in [5, 5.41) is 0.245. The van der Waals surface area contributed by atoms with Crippen LogP contribution in [0, 0.1) is 0 Å². The van der Waals surface area contributed by atoms with E-state index in [9.17, 15) is 9.59 Å². The average Bonchev–Trinajstić information content (AvgIpc) is 2.61. The summed E-state index contributed by atoms with van der Waals surface area (Å²) in [7, 11) is 0. The second-order valence-corrected chi connectivity index (χ2v) is 6.03. The van der Waals surface area contributed by atoms with Gasteiger partial charge in [0.25, 0.3) is 5.24 Å². The van der Waals surface area contributed by atoms with Gasteiger partial charge in [0.05, 0.1) is 16.1 Å². The third kappa shape index (κ3) is 3.49. The van der Waals surface area contributed by atoms with Gasteiger partial charge in [-0.3, -0.25) is 9.59 Å². The number of aromatic nitrogens is 2. The van der Waals surface area contributed by atoms with Crippen LogP contribution in [0.15, 0.2) is 59.8 Å². The molecule has 0 unspecified atom stereocenters. The molecule has 6 heteroatoms. The molecule has 2 aromatic carbocycles. The molecule has 0 fully saturated rings. The summed E-state index contributed by atoms with van der Waals surface area (Å²) < 4.78 is 0. The van der Waals surface area contributed by atoms with Crippen molar-refractivity contribution in [2.45, 2.75) is 0 Å². The Morgan fingerprint density at radius 2 is 1.88 bits per heavy atom. The summed E-state index contributed by atoms with van der Waals surface area (Å²) in [5.41, 5.74) is 8.48. The number of carbonyl (C=O) groups is 2. The highest BCUT2D eigenvalue weighted by atomic mass is 32.2. The highest BCUT2D eigenvalue weighted by molar-refractivity contribution is 8.17. The van der Waals surface area contributed by atoms with Crippen LogP contribution in [0.2, 0.25) is 0 Å². The fourth-order valence-electron chi connectivity index (χ4n) is 2.36. The number of thioether (sulfide) groups is 1. The van der Waals surface area contributed by atoms with Crippen molar-refractivity contribution >= 4 is 40.3 Å². The molecule has 2 N–H and O–H groups in total. The first kappa shape index (κ1) is 15.9. The fourth-order valence-corrected chi connectivity index (χ4v) is 2.83. The number of nitrogens with zero attached hydrogens (tertiary/aromatic N) is 2. The molecule has 0 radical (unpaired) electrons. The minimum Gasteiger partial charge on any atom is -0.360 e. The SMILES string of the molecule is NC(=O)S/C(C=O)=C\c1ccc2ncnc(-c3ccccc3)c2c1. The molecule has 0 aliphatic heterocycles. The van der Waals surface area contributed by atoms with E-state index in [1.54, 1.807) is 6.08 Å². The van der Waals surface area contributed by atoms with E-state index in [1.807, 2.05) is 48.5 Å². The van der Waals surface area contributed by atoms with Gasteiger partial charge in [-0.15, -0.1) is 0 Å². The third-order valence-electron chi connectivity index (χ3n) is 3.35. The molecule has 1 amide bonds. The Morgan fingerprint density at radius 3 is 2.58 bits per heavy atom. The normalized spacial score (nSPS) is 11.4. The number of fused-ring (bicyclic) bond motifs is 1. The zero-order valence-corrected chi connectivity index (χ0v) is 13.4. The molecule has 3 rings (SSSR count). The molecule has 0 aliphatic carbocycles. The summed E-state index contributed by atoms with van der Waals surface area (Å²) >= 11 is 0.701. The minimum absolute atomic E-state index is 0.250. The van der Waals surface area contributed by atoms with Gasteiger partial charge in [-0.25, -0.2) is 9.97 Å². The van der Waals surface area contributed by atoms with Crippen molar-refractivity contribution < 1.29 is 9.59 Å². The maximum Gasteiger partial charge on any atom is 0.281 e. The average molecular weight is 335 g/mol. The van der Waals surface area contributed by atoms with Crippen LogP contribution in [0.25, 0.3) is 28.2 Å². The van der Waals surface area contributed by atoms with Crippen LogP contribution < -0.4 is 5.73 Å². The first-order chi connectivity index (χ1) is 11.7. The van der Waals surface area contributed by atoms with Gasteiger partial charge >= 0.3 is 0 Å². The Labute approximate surface area is 142 Å². The van der Waals surface area contributed by atoms with Crippen molar-refractivity contribution in [2.75, 3.05) is 0 Å². The fraction of sp³-hybridized carbons (Fsp3) is 0. The Hall–Kier alpha value is -2.99. The summed E-state index contributed by atoms with van der Waals surface area (Å²) in [5.74, 6) is 0. The molecule has 0 saturated heterocycles. The lowest BCUT2D eigenvalue weighted by molar-refractivity contribution is -0.104. The van der Waals surface area contributed by atoms with Crippen LogP contribution >= 0.6 is 11.8 Å². The lowest BCUT2D eigenvalue weighted by Gasteiger charge is -2.06. The quantitative estimate of drug-likeness (QED) is 0.581. The van der Waals surface area contributed by atoms with Gasteiger partial charge in [0.1, 0.15) is 6.33 Å². The number of hydrogen-bond donors (Lipinski definition) is 1. The van der Waals surface area contributed by atoms with Crippen LogP contribution in [0.1, 0.15) is 5.56 Å². The molecule has 1 aromatic heterocycles. The van der Waals surface area contributed by atoms with Crippen LogP contribution in [-0.2, 0) is 4.79 Å². The smallest absolute Gasteiger partial charge is 0.281 e. The van der Waals surface area contributed by atoms with Crippen LogP contribution in [0.3, 0.4) is 0 Å². The standard InChI is InChI=1S/C18H13N3O2S/c19-18(23)24-14(10-22)8-12-6-7-16-15(9-12)17(21-11-20-16)13-4-2-1-3-5-13/h1-11H,(H2,19,23)/b14-8-. The van der Waals surface area contributed by atoms with Gasteiger partial charge in [-0.1, -0.05) is 36.4 Å². The number of aldehydes is 1. The van der Waals surface area contributed by atoms with Crippen molar-refractivity contribution in [3.05, 3.63) is 65.3 Å². The molecule has 24 heavy (non-hydrogen) atoms. The van der Waals surface area contributed by atoms with E-state index in [2.05, 4.69) is 9.97 Å². The Balaban J connectivity index is 2.12. The largest absolute Gasteiger partial charge is 0.360 e. The Kier molecular flexibility index (Phi) is 4.67. The number of carbonyl (C=O) groups excluding carboxylic acids is 2. The molecular formula is C18H13N3O2S.